The van der Waals surface area contributed by atoms with Gasteiger partial charge in [0.15, 0.2) is 0 Å². The van der Waals surface area contributed by atoms with Crippen LogP contribution >= 0.6 is 0 Å². The van der Waals surface area contributed by atoms with Crippen molar-refractivity contribution >= 4 is 29.7 Å². The molecule has 3 heterocycles. The number of amides is 5. The zero-order chi connectivity index (χ0) is 32.3. The Morgan fingerprint density at radius 1 is 0.783 bits per heavy atom. The van der Waals surface area contributed by atoms with Crippen molar-refractivity contribution in [2.45, 2.75) is 31.5 Å². The van der Waals surface area contributed by atoms with Crippen LogP contribution in [0.4, 0.5) is 4.79 Å². The first-order valence-electron chi connectivity index (χ1n) is 15.7. The lowest BCUT2D eigenvalue weighted by Gasteiger charge is -2.42. The largest absolute Gasteiger partial charge is 0.445 e. The topological polar surface area (TPSA) is 138 Å². The molecule has 13 nitrogen and oxygen atoms in total. The lowest BCUT2D eigenvalue weighted by Crippen LogP contribution is -2.63. The number of benzene rings is 2. The van der Waals surface area contributed by atoms with Crippen LogP contribution in [0.1, 0.15) is 28.8 Å². The van der Waals surface area contributed by atoms with E-state index in [2.05, 4.69) is 5.32 Å². The Morgan fingerprint density at radius 3 is 2.22 bits per heavy atom. The molecule has 2 aromatic carbocycles. The zero-order valence-corrected chi connectivity index (χ0v) is 25.9. The van der Waals surface area contributed by atoms with E-state index in [1.807, 2.05) is 48.5 Å². The molecular formula is C33H41N5O8. The normalized spacial score (nSPS) is 21.1. The molecule has 0 bridgehead atoms. The van der Waals surface area contributed by atoms with Crippen LogP contribution in [0.15, 0.2) is 60.7 Å². The first kappa shape index (κ1) is 32.9. The predicted molar refractivity (Wildman–Crippen MR) is 165 cm³/mol. The molecule has 3 fully saturated rings. The molecule has 2 aromatic rings. The molecule has 0 aliphatic carbocycles. The maximum atomic E-state index is 13.9. The van der Waals surface area contributed by atoms with Crippen molar-refractivity contribution in [1.82, 2.24) is 24.9 Å². The SMILES string of the molecule is O=C1NCCOCCOCC(=O)N(C2CCN(C(=O)c3ccccc3)CC2)CC(=O)N2CCN(C(=O)OCc3ccccc3)C[C@@H]12. The highest BCUT2D eigenvalue weighted by atomic mass is 16.6. The van der Waals surface area contributed by atoms with E-state index in [-0.39, 0.29) is 83.6 Å². The molecule has 5 amide bonds. The summed E-state index contributed by atoms with van der Waals surface area (Å²) in [5.74, 6) is -1.25. The number of likely N-dealkylation sites (tertiary alicyclic amines) is 1. The molecule has 0 spiro atoms. The highest BCUT2D eigenvalue weighted by Crippen LogP contribution is 2.21. The van der Waals surface area contributed by atoms with Crippen molar-refractivity contribution in [2.75, 3.05) is 72.2 Å². The number of ether oxygens (including phenoxy) is 3. The molecule has 3 saturated heterocycles. The van der Waals surface area contributed by atoms with Crippen LogP contribution < -0.4 is 5.32 Å². The number of hydrogen-bond donors (Lipinski definition) is 1. The van der Waals surface area contributed by atoms with Gasteiger partial charge in [-0.3, -0.25) is 19.2 Å². The first-order chi connectivity index (χ1) is 22.4. The second kappa shape index (κ2) is 16.2. The molecule has 3 aliphatic heterocycles. The van der Waals surface area contributed by atoms with E-state index < -0.39 is 23.9 Å². The van der Waals surface area contributed by atoms with E-state index in [1.54, 1.807) is 17.0 Å². The number of piperazine rings is 1. The lowest BCUT2D eigenvalue weighted by atomic mass is 10.0. The van der Waals surface area contributed by atoms with Gasteiger partial charge < -0.3 is 39.1 Å². The molecule has 13 heteroatoms. The molecule has 46 heavy (non-hydrogen) atoms. The maximum absolute atomic E-state index is 13.9. The van der Waals surface area contributed by atoms with Gasteiger partial charge in [0.25, 0.3) is 5.91 Å². The van der Waals surface area contributed by atoms with Crippen LogP contribution in [-0.4, -0.2) is 134 Å². The minimum absolute atomic E-state index is 0.0525. The van der Waals surface area contributed by atoms with Crippen molar-refractivity contribution in [3.05, 3.63) is 71.8 Å². The molecule has 1 N–H and O–H groups in total. The van der Waals surface area contributed by atoms with Crippen LogP contribution in [0.2, 0.25) is 0 Å². The Labute approximate surface area is 268 Å². The Hall–Kier alpha value is -4.49. The van der Waals surface area contributed by atoms with E-state index in [4.69, 9.17) is 14.2 Å². The Morgan fingerprint density at radius 2 is 1.48 bits per heavy atom. The van der Waals surface area contributed by atoms with Crippen LogP contribution in [-0.2, 0) is 35.2 Å². The van der Waals surface area contributed by atoms with Gasteiger partial charge in [-0.1, -0.05) is 48.5 Å². The highest BCUT2D eigenvalue weighted by molar-refractivity contribution is 5.94. The fourth-order valence-electron chi connectivity index (χ4n) is 5.91. The molecule has 0 saturated carbocycles. The zero-order valence-electron chi connectivity index (χ0n) is 25.9. The summed E-state index contributed by atoms with van der Waals surface area (Å²) in [7, 11) is 0. The number of rotatable bonds is 4. The number of nitrogens with zero attached hydrogens (tertiary/aromatic N) is 4. The molecule has 5 rings (SSSR count). The summed E-state index contributed by atoms with van der Waals surface area (Å²) in [5.41, 5.74) is 1.43. The lowest BCUT2D eigenvalue weighted by molar-refractivity contribution is -0.150. The second-order valence-corrected chi connectivity index (χ2v) is 11.5. The third-order valence-corrected chi connectivity index (χ3v) is 8.45. The van der Waals surface area contributed by atoms with Crippen LogP contribution in [0.3, 0.4) is 0 Å². The standard InChI is InChI=1S/C33H41N5O8/c39-29-22-38(27-11-14-35(15-12-27)32(42)26-9-5-2-6-10-26)30(40)24-45-20-19-44-18-13-34-31(41)28-21-36(16-17-37(28)29)33(43)46-23-25-7-3-1-4-8-25/h1-10,27-28H,11-24H2,(H,34,41)/t28-/m0/s1. The number of nitrogens with one attached hydrogen (secondary N) is 1. The fraction of sp³-hybridized carbons (Fsp3) is 0.485. The minimum atomic E-state index is -0.978. The summed E-state index contributed by atoms with van der Waals surface area (Å²) in [5, 5.41) is 2.81. The van der Waals surface area contributed by atoms with E-state index in [0.717, 1.165) is 5.56 Å². The third-order valence-electron chi connectivity index (χ3n) is 8.45. The van der Waals surface area contributed by atoms with E-state index in [9.17, 15) is 24.0 Å². The Kier molecular flexibility index (Phi) is 11.6. The third kappa shape index (κ3) is 8.61. The fourth-order valence-corrected chi connectivity index (χ4v) is 5.91. The van der Waals surface area contributed by atoms with Gasteiger partial charge in [0.1, 0.15) is 25.8 Å². The van der Waals surface area contributed by atoms with Gasteiger partial charge >= 0.3 is 6.09 Å². The van der Waals surface area contributed by atoms with Gasteiger partial charge in [-0.25, -0.2) is 4.79 Å². The van der Waals surface area contributed by atoms with E-state index >= 15 is 0 Å². The van der Waals surface area contributed by atoms with Gasteiger partial charge in [0, 0.05) is 44.3 Å². The van der Waals surface area contributed by atoms with Crippen LogP contribution in [0.5, 0.6) is 0 Å². The predicted octanol–water partition coefficient (Wildman–Crippen LogP) is 1.13. The monoisotopic (exact) mass is 635 g/mol. The molecule has 246 valence electrons. The number of hydrogen-bond acceptors (Lipinski definition) is 8. The molecular weight excluding hydrogens is 594 g/mol. The highest BCUT2D eigenvalue weighted by Gasteiger charge is 2.39. The van der Waals surface area contributed by atoms with Gasteiger partial charge in [-0.15, -0.1) is 0 Å². The van der Waals surface area contributed by atoms with Gasteiger partial charge in [-0.05, 0) is 30.5 Å². The van der Waals surface area contributed by atoms with Crippen molar-refractivity contribution < 1.29 is 38.2 Å². The van der Waals surface area contributed by atoms with Gasteiger partial charge in [-0.2, -0.15) is 0 Å². The van der Waals surface area contributed by atoms with E-state index in [1.165, 1.54) is 14.7 Å². The summed E-state index contributed by atoms with van der Waals surface area (Å²) in [4.78, 5) is 72.8. The minimum Gasteiger partial charge on any atom is -0.445 e. The summed E-state index contributed by atoms with van der Waals surface area (Å²) >= 11 is 0. The second-order valence-electron chi connectivity index (χ2n) is 11.5. The molecule has 1 atom stereocenters. The average molecular weight is 636 g/mol. The maximum Gasteiger partial charge on any atom is 0.410 e. The average Bonchev–Trinajstić information content (AvgIpc) is 3.10. The molecule has 0 unspecified atom stereocenters. The quantitative estimate of drug-likeness (QED) is 0.528. The van der Waals surface area contributed by atoms with Gasteiger partial charge in [0.05, 0.1) is 26.4 Å². The van der Waals surface area contributed by atoms with Crippen molar-refractivity contribution in [1.29, 1.82) is 0 Å². The molecule has 0 radical (unpaired) electrons. The summed E-state index contributed by atoms with van der Waals surface area (Å²) in [6.07, 6.45) is 0.408. The molecule has 0 aromatic heterocycles. The van der Waals surface area contributed by atoms with E-state index in [0.29, 0.717) is 31.5 Å². The van der Waals surface area contributed by atoms with Crippen molar-refractivity contribution in [2.24, 2.45) is 0 Å². The number of carbonyl (C=O) groups excluding carboxylic acids is 5. The smallest absolute Gasteiger partial charge is 0.410 e. The Balaban J connectivity index is 1.27. The van der Waals surface area contributed by atoms with Crippen molar-refractivity contribution in [3.63, 3.8) is 0 Å². The number of fused-ring (bicyclic) bond motifs is 1. The van der Waals surface area contributed by atoms with Gasteiger partial charge in [0.2, 0.25) is 17.7 Å². The molecule has 3 aliphatic rings. The van der Waals surface area contributed by atoms with Crippen LogP contribution in [0.25, 0.3) is 0 Å². The number of carbonyl (C=O) groups is 5. The summed E-state index contributed by atoms with van der Waals surface area (Å²) in [6.45, 7) is 1.53. The Bertz CT molecular complexity index is 1350. The first-order valence-corrected chi connectivity index (χ1v) is 15.7. The summed E-state index contributed by atoms with van der Waals surface area (Å²) < 4.78 is 16.6. The number of piperidine rings is 1. The van der Waals surface area contributed by atoms with Crippen molar-refractivity contribution in [3.8, 4) is 0 Å². The summed E-state index contributed by atoms with van der Waals surface area (Å²) in [6, 6.07) is 17.0. The van der Waals surface area contributed by atoms with Crippen LogP contribution in [0, 0.1) is 0 Å².